The summed E-state index contributed by atoms with van der Waals surface area (Å²) in [7, 11) is 0. The number of rotatable bonds is 24. The molecule has 8 aromatic rings. The largest absolute Gasteiger partial charge is 0.377 e. The highest BCUT2D eigenvalue weighted by atomic mass is 32.1. The molecule has 108 heavy (non-hydrogen) atoms. The fourth-order valence-electron chi connectivity index (χ4n) is 14.6. The van der Waals surface area contributed by atoms with Gasteiger partial charge < -0.3 is 47.6 Å². The van der Waals surface area contributed by atoms with Gasteiger partial charge >= 0.3 is 0 Å². The van der Waals surface area contributed by atoms with Gasteiger partial charge in [0.05, 0.1) is 24.8 Å². The number of thiophene rings is 1. The standard InChI is InChI=1S/C25H31N5O2.C20H27N5S.2C19H24N6.3H2/c1-16-8-9-19(13-24(16,2)3)29-22-18(14-26)15-28-23(30-22)27-11-10-25(32)20-7-5-4-6-17(20)12-21(25)31;1-14-6-7-16(11-20(14,2)3)24-18-15(12-21)13-23-19(25-18)22-9-8-17-5-4-10-26-17;1-13-10-16(19(13,2)3)24-17-15(11-20)12-23-18(25-17)22-9-6-14-4-7-21-8-5-14;1-13-10-16(19(13,2)3)24-17-14(11-20)12-23-18(25-17)22-9-7-15-6-4-5-8-21-15;;;/h4-7,15-16,19,32H,8-13H2,1-3H3,(H2,27,28,29,30);4-5,10,13-14,16H,6-9,11H2,1-3H3,(H2,22,23,24,25);4-5,7-8,12-13,16H,6,9-10H2,1-3H3,(H2,22,23,24,25);4-6,8,12-13,16H,7,9-10H2,1-3H3,(H2,22,23,24,25);3*1H/t16-,19+,25?;14-,16+;2*13-,16+;;;/m0000.../s1. The first-order chi connectivity index (χ1) is 51.7. The highest BCUT2D eigenvalue weighted by Crippen LogP contribution is 2.49. The molecule has 7 aromatic heterocycles. The molecule has 0 radical (unpaired) electrons. The molecule has 4 fully saturated rings. The molecule has 1 aromatic carbocycles. The van der Waals surface area contributed by atoms with Crippen molar-refractivity contribution in [2.75, 3.05) is 68.7 Å². The van der Waals surface area contributed by atoms with Gasteiger partial charge in [-0.05, 0) is 162 Å². The number of hydrogen-bond donors (Lipinski definition) is 9. The Bertz CT molecular complexity index is 4380. The number of anilines is 8. The maximum Gasteiger partial charge on any atom is 0.224 e. The molecule has 0 spiro atoms. The summed E-state index contributed by atoms with van der Waals surface area (Å²) in [5.41, 5.74) is 5.12. The van der Waals surface area contributed by atoms with E-state index >= 15 is 0 Å². The Morgan fingerprint density at radius 1 is 0.500 bits per heavy atom. The zero-order valence-electron chi connectivity index (χ0n) is 64.6. The molecule has 572 valence electrons. The summed E-state index contributed by atoms with van der Waals surface area (Å²) in [4.78, 5) is 57.3. The SMILES string of the molecule is C[C@H]1CC[C@@H](Nc2nc(NCCC3(O)C(=O)Cc4ccccc43)ncc2C#N)CC1(C)C.C[C@H]1CC[C@@H](Nc2nc(NCCc3cccs3)ncc2C#N)CC1(C)C.C[C@H]1C[C@@H](Nc2nc(NCCc3ccccn3)ncc2C#N)C1(C)C.C[C@H]1C[C@@H](Nc2nc(NCCc3ccncc3)ncc2C#N)C1(C)C.[HH].[HH].[HH]. The predicted molar refractivity (Wildman–Crippen MR) is 433 cm³/mol. The van der Waals surface area contributed by atoms with Crippen LogP contribution in [0.4, 0.5) is 47.1 Å². The number of nitrogens with one attached hydrogen (secondary N) is 8. The molecular weight excluding hydrogens is 1370 g/mol. The van der Waals surface area contributed by atoms with E-state index in [1.54, 1.807) is 48.5 Å². The zero-order valence-corrected chi connectivity index (χ0v) is 65.5. The summed E-state index contributed by atoms with van der Waals surface area (Å²) < 4.78 is 0. The minimum atomic E-state index is -1.48. The lowest BCUT2D eigenvalue weighted by Crippen LogP contribution is -2.52. The van der Waals surface area contributed by atoms with E-state index in [1.165, 1.54) is 23.1 Å². The highest BCUT2D eigenvalue weighted by Gasteiger charge is 2.47. The summed E-state index contributed by atoms with van der Waals surface area (Å²) in [5.74, 6) is 6.95. The Balaban J connectivity index is 0.000000205. The van der Waals surface area contributed by atoms with E-state index in [9.17, 15) is 30.9 Å². The predicted octanol–water partition coefficient (Wildman–Crippen LogP) is 15.7. The van der Waals surface area contributed by atoms with Crippen molar-refractivity contribution < 1.29 is 14.2 Å². The van der Waals surface area contributed by atoms with Crippen LogP contribution in [0.2, 0.25) is 0 Å². The molecule has 9 N–H and O–H groups in total. The quantitative estimate of drug-likeness (QED) is 0.0271. The summed E-state index contributed by atoms with van der Waals surface area (Å²) in [6.45, 7) is 29.9. The van der Waals surface area contributed by atoms with Crippen LogP contribution in [0.25, 0.3) is 0 Å². The maximum absolute atomic E-state index is 12.5. The van der Waals surface area contributed by atoms with Crippen LogP contribution in [0.15, 0.2) is 115 Å². The van der Waals surface area contributed by atoms with Gasteiger partial charge in [-0.1, -0.05) is 119 Å². The Kier molecular flexibility index (Phi) is 26.7. The molecule has 5 aliphatic carbocycles. The van der Waals surface area contributed by atoms with Crippen LogP contribution in [-0.4, -0.2) is 111 Å². The summed E-state index contributed by atoms with van der Waals surface area (Å²) in [6, 6.07) is 31.4. The average Bonchev–Trinajstić information content (AvgIpc) is 1.70. The number of ketones is 1. The van der Waals surface area contributed by atoms with Crippen molar-refractivity contribution in [3.63, 3.8) is 0 Å². The first-order valence-corrected chi connectivity index (χ1v) is 38.8. The number of aliphatic hydroxyl groups is 1. The van der Waals surface area contributed by atoms with Crippen LogP contribution in [0.3, 0.4) is 0 Å². The van der Waals surface area contributed by atoms with E-state index in [0.717, 1.165) is 94.5 Å². The van der Waals surface area contributed by atoms with Gasteiger partial charge in [-0.25, -0.2) is 19.9 Å². The van der Waals surface area contributed by atoms with Gasteiger partial charge in [-0.2, -0.15) is 41.0 Å². The van der Waals surface area contributed by atoms with Crippen molar-refractivity contribution >= 4 is 64.2 Å². The maximum atomic E-state index is 12.5. The average molecular weight is 1480 g/mol. The van der Waals surface area contributed by atoms with Crippen LogP contribution >= 0.6 is 11.3 Å². The van der Waals surface area contributed by atoms with Crippen molar-refractivity contribution in [2.24, 2.45) is 45.3 Å². The Labute approximate surface area is 645 Å². The monoisotopic (exact) mass is 1480 g/mol. The van der Waals surface area contributed by atoms with E-state index in [2.05, 4.69) is 217 Å². The molecular formula is C83H112N22O2S. The fraction of sp³-hybridized carbons (Fsp3) is 0.506. The smallest absolute Gasteiger partial charge is 0.224 e. The third kappa shape index (κ3) is 20.4. The topological polar surface area (TPSA) is 358 Å². The van der Waals surface area contributed by atoms with Crippen LogP contribution in [0.5, 0.6) is 0 Å². The summed E-state index contributed by atoms with van der Waals surface area (Å²) in [5, 5.41) is 77.3. The van der Waals surface area contributed by atoms with Crippen LogP contribution < -0.4 is 42.5 Å². The summed E-state index contributed by atoms with van der Waals surface area (Å²) in [6.07, 6.45) is 23.5. The number of aromatic nitrogens is 10. The van der Waals surface area contributed by atoms with E-state index in [4.69, 9.17) is 0 Å². The van der Waals surface area contributed by atoms with Crippen molar-refractivity contribution in [1.29, 1.82) is 21.0 Å². The second-order valence-electron chi connectivity index (χ2n) is 32.2. The lowest BCUT2D eigenvalue weighted by Gasteiger charge is -2.51. The van der Waals surface area contributed by atoms with Crippen LogP contribution in [0, 0.1) is 90.7 Å². The van der Waals surface area contributed by atoms with Crippen molar-refractivity contribution in [2.45, 2.75) is 196 Å². The third-order valence-electron chi connectivity index (χ3n) is 23.7. The number of Topliss-reactive ketones (excluding diaryl/α,β-unsaturated/α-hetero) is 1. The normalized spacial score (nSPS) is 22.8. The van der Waals surface area contributed by atoms with Gasteiger partial charge in [0.15, 0.2) is 5.78 Å². The van der Waals surface area contributed by atoms with E-state index in [0.29, 0.717) is 129 Å². The van der Waals surface area contributed by atoms with Crippen molar-refractivity contribution in [3.8, 4) is 24.3 Å². The molecule has 4 saturated carbocycles. The molecule has 0 saturated heterocycles. The lowest BCUT2D eigenvalue weighted by molar-refractivity contribution is -0.136. The number of nitriles is 4. The minimum Gasteiger partial charge on any atom is -0.377 e. The molecule has 5 aliphatic rings. The molecule has 13 rings (SSSR count). The number of hydrogen-bond acceptors (Lipinski definition) is 25. The molecule has 0 amide bonds. The molecule has 25 heteroatoms. The molecule has 0 aliphatic heterocycles. The molecule has 1 unspecified atom stereocenters. The van der Waals surface area contributed by atoms with Crippen LogP contribution in [-0.2, 0) is 36.1 Å². The van der Waals surface area contributed by atoms with Crippen molar-refractivity contribution in [1.82, 2.24) is 49.8 Å². The zero-order chi connectivity index (χ0) is 77.2. The summed E-state index contributed by atoms with van der Waals surface area (Å²) >= 11 is 1.75. The number of pyridine rings is 2. The van der Waals surface area contributed by atoms with Gasteiger partial charge in [0.25, 0.3) is 0 Å². The Morgan fingerprint density at radius 3 is 1.37 bits per heavy atom. The number of fused-ring (bicyclic) bond motifs is 1. The Hall–Kier alpha value is -10.5. The van der Waals surface area contributed by atoms with Gasteiger partial charge in [0.1, 0.15) is 75.4 Å². The van der Waals surface area contributed by atoms with Gasteiger partial charge in [0, 0.05) is 103 Å². The van der Waals surface area contributed by atoms with Crippen molar-refractivity contribution in [3.05, 3.63) is 165 Å². The van der Waals surface area contributed by atoms with Gasteiger partial charge in [-0.15, -0.1) is 11.3 Å². The molecule has 24 nitrogen and oxygen atoms in total. The number of carbonyl (C=O) groups is 1. The van der Waals surface area contributed by atoms with E-state index < -0.39 is 5.60 Å². The Morgan fingerprint density at radius 2 is 0.944 bits per heavy atom. The lowest BCUT2D eigenvalue weighted by atomic mass is 9.59. The second-order valence-corrected chi connectivity index (χ2v) is 33.2. The number of nitrogens with zero attached hydrogens (tertiary/aromatic N) is 14. The molecule has 7 heterocycles. The van der Waals surface area contributed by atoms with E-state index in [1.807, 2.05) is 54.6 Å². The van der Waals surface area contributed by atoms with Gasteiger partial charge in [0.2, 0.25) is 23.8 Å². The van der Waals surface area contributed by atoms with Crippen LogP contribution in [0.1, 0.15) is 195 Å². The third-order valence-corrected chi connectivity index (χ3v) is 24.6. The van der Waals surface area contributed by atoms with Gasteiger partial charge in [-0.3, -0.25) is 14.8 Å². The number of benzene rings is 1. The first-order valence-electron chi connectivity index (χ1n) is 38.0. The van der Waals surface area contributed by atoms with E-state index in [-0.39, 0.29) is 45.2 Å². The fourth-order valence-corrected chi connectivity index (χ4v) is 15.3. The second kappa shape index (κ2) is 36.0. The molecule has 9 atom stereocenters. The molecule has 0 bridgehead atoms. The highest BCUT2D eigenvalue weighted by molar-refractivity contribution is 7.09. The number of carbonyl (C=O) groups excluding carboxylic acids is 1. The minimum absolute atomic E-state index is 0. The first kappa shape index (κ1) is 80.1.